The molecule has 0 saturated heterocycles. The van der Waals surface area contributed by atoms with Gasteiger partial charge in [-0.25, -0.2) is 4.98 Å². The Kier molecular flexibility index (Phi) is 5.53. The van der Waals surface area contributed by atoms with Gasteiger partial charge in [0.1, 0.15) is 17.7 Å². The zero-order chi connectivity index (χ0) is 21.1. The minimum absolute atomic E-state index is 0.0524. The molecule has 0 radical (unpaired) electrons. The molecule has 0 unspecified atom stereocenters. The van der Waals surface area contributed by atoms with Gasteiger partial charge in [0.25, 0.3) is 5.91 Å². The van der Waals surface area contributed by atoms with E-state index in [2.05, 4.69) is 36.7 Å². The molecule has 30 heavy (non-hydrogen) atoms. The van der Waals surface area contributed by atoms with Crippen LogP contribution < -0.4 is 38.2 Å². The highest BCUT2D eigenvalue weighted by Crippen LogP contribution is 2.26. The maximum atomic E-state index is 11.9. The number of aryl methyl sites for hydroxylation is 1. The topological polar surface area (TPSA) is 159 Å². The monoisotopic (exact) mass is 410 g/mol. The van der Waals surface area contributed by atoms with Crippen molar-refractivity contribution in [2.45, 2.75) is 44.7 Å². The maximum absolute atomic E-state index is 11.9. The number of hydrogen-bond acceptors (Lipinski definition) is 10. The van der Waals surface area contributed by atoms with Crippen molar-refractivity contribution in [3.05, 3.63) is 35.5 Å². The smallest absolute Gasteiger partial charge is 0.254 e. The van der Waals surface area contributed by atoms with Gasteiger partial charge in [-0.1, -0.05) is 12.8 Å². The Morgan fingerprint density at radius 1 is 1.27 bits per heavy atom. The quantitative estimate of drug-likeness (QED) is 0.410. The highest BCUT2D eigenvalue weighted by Gasteiger charge is 2.23. The number of nitrogens with zero attached hydrogens (tertiary/aromatic N) is 4. The predicted molar refractivity (Wildman–Crippen MR) is 116 cm³/mol. The van der Waals surface area contributed by atoms with Crippen molar-refractivity contribution in [1.29, 1.82) is 0 Å². The lowest BCUT2D eigenvalue weighted by atomic mass is 9.91. The van der Waals surface area contributed by atoms with Crippen LogP contribution in [0.2, 0.25) is 0 Å². The molecular weight excluding hydrogens is 384 g/mol. The second-order valence-electron chi connectivity index (χ2n) is 7.52. The number of amides is 1. The molecule has 11 nitrogen and oxygen atoms in total. The Hall–Kier alpha value is -3.60. The van der Waals surface area contributed by atoms with Crippen molar-refractivity contribution in [1.82, 2.24) is 20.9 Å². The lowest BCUT2D eigenvalue weighted by Gasteiger charge is -2.29. The number of hydrazine groups is 2. The van der Waals surface area contributed by atoms with Gasteiger partial charge in [-0.2, -0.15) is 15.6 Å². The molecular formula is C19H26N10O. The van der Waals surface area contributed by atoms with Gasteiger partial charge in [-0.15, -0.1) is 5.10 Å². The molecule has 2 aliphatic rings. The van der Waals surface area contributed by atoms with Crippen LogP contribution in [0.25, 0.3) is 0 Å². The van der Waals surface area contributed by atoms with Gasteiger partial charge >= 0.3 is 0 Å². The average molecular weight is 410 g/mol. The molecule has 2 aromatic rings. The molecule has 1 amide bonds. The number of carbonyl (C=O) groups is 1. The first kappa shape index (κ1) is 19.7. The number of anilines is 4. The van der Waals surface area contributed by atoms with Crippen molar-refractivity contribution in [2.24, 2.45) is 16.6 Å². The van der Waals surface area contributed by atoms with E-state index in [9.17, 15) is 4.79 Å². The Labute approximate surface area is 174 Å². The van der Waals surface area contributed by atoms with Crippen LogP contribution >= 0.6 is 0 Å². The number of benzene rings is 1. The van der Waals surface area contributed by atoms with Gasteiger partial charge in [0, 0.05) is 24.0 Å². The summed E-state index contributed by atoms with van der Waals surface area (Å²) in [6.45, 7) is 1.97. The lowest BCUT2D eigenvalue weighted by Crippen LogP contribution is -2.43. The molecule has 158 valence electrons. The van der Waals surface area contributed by atoms with E-state index < -0.39 is 5.91 Å². The largest absolute Gasteiger partial charge is 0.365 e. The third kappa shape index (κ3) is 4.35. The summed E-state index contributed by atoms with van der Waals surface area (Å²) in [6.07, 6.45) is 7.15. The minimum Gasteiger partial charge on any atom is -0.365 e. The van der Waals surface area contributed by atoms with Crippen molar-refractivity contribution in [3.8, 4) is 0 Å². The lowest BCUT2D eigenvalue weighted by molar-refractivity contribution is 0.100. The van der Waals surface area contributed by atoms with Gasteiger partial charge in [0.05, 0.1) is 5.69 Å². The molecule has 8 N–H and O–H groups in total. The molecule has 4 rings (SSSR count). The first-order valence-electron chi connectivity index (χ1n) is 9.91. The minimum atomic E-state index is -0.609. The number of nitrogens with one attached hydrogen (secondary N) is 4. The predicted octanol–water partition coefficient (Wildman–Crippen LogP) is 1.08. The molecule has 0 bridgehead atoms. The van der Waals surface area contributed by atoms with E-state index in [1.165, 1.54) is 6.20 Å². The molecule has 1 saturated carbocycles. The van der Waals surface area contributed by atoms with Crippen molar-refractivity contribution >= 4 is 35.4 Å². The van der Waals surface area contributed by atoms with E-state index >= 15 is 0 Å². The summed E-state index contributed by atoms with van der Waals surface area (Å²) >= 11 is 0. The van der Waals surface area contributed by atoms with Crippen LogP contribution in [0.1, 0.15) is 41.6 Å². The van der Waals surface area contributed by atoms with Crippen LogP contribution in [0, 0.1) is 6.92 Å². The molecule has 1 aliphatic heterocycles. The second-order valence-corrected chi connectivity index (χ2v) is 7.52. The molecule has 1 aliphatic carbocycles. The number of rotatable bonds is 6. The summed E-state index contributed by atoms with van der Waals surface area (Å²) in [4.78, 5) is 20.7. The first-order chi connectivity index (χ1) is 14.5. The first-order valence-corrected chi connectivity index (χ1v) is 9.91. The van der Waals surface area contributed by atoms with Gasteiger partial charge in [-0.3, -0.25) is 10.2 Å². The summed E-state index contributed by atoms with van der Waals surface area (Å²) in [7, 11) is 0. The van der Waals surface area contributed by atoms with Crippen molar-refractivity contribution in [3.63, 3.8) is 0 Å². The van der Waals surface area contributed by atoms with Crippen LogP contribution in [0.3, 0.4) is 0 Å². The molecule has 11 heteroatoms. The van der Waals surface area contributed by atoms with Crippen LogP contribution in [0.15, 0.2) is 29.5 Å². The third-order valence-corrected chi connectivity index (χ3v) is 5.18. The van der Waals surface area contributed by atoms with Crippen molar-refractivity contribution in [2.75, 3.05) is 15.8 Å². The SMILES string of the molecule is Cc1cc(Nc2nc(N[C@@H]3CCCC[C@@H]3N)ncc2C(N)=O)cc(N2NC=NN2)c1. The molecule has 0 spiro atoms. The van der Waals surface area contributed by atoms with E-state index in [1.807, 2.05) is 25.1 Å². The number of nitrogens with two attached hydrogens (primary N) is 2. The standard InChI is InChI=1S/C19H26N10O/c1-11-6-12(8-13(7-11)29-24-10-23-28-29)25-18-14(17(21)30)9-22-19(27-18)26-16-5-3-2-4-15(16)20/h6-10,15-16,28H,2-5,20H2,1H3,(H2,21,30)(H,23,24)(H2,22,25,26,27)/t15-,16+/m0/s1. The Balaban J connectivity index is 1.60. The number of carbonyl (C=O) groups excluding carboxylic acids is 1. The molecule has 2 heterocycles. The highest BCUT2D eigenvalue weighted by molar-refractivity contribution is 5.98. The Morgan fingerprint density at radius 3 is 2.83 bits per heavy atom. The number of aromatic nitrogens is 2. The van der Waals surface area contributed by atoms with Crippen LogP contribution in [0.5, 0.6) is 0 Å². The average Bonchev–Trinajstić information content (AvgIpc) is 3.24. The van der Waals surface area contributed by atoms with Gasteiger partial charge in [0.15, 0.2) is 0 Å². The third-order valence-electron chi connectivity index (χ3n) is 5.18. The Morgan fingerprint density at radius 2 is 2.10 bits per heavy atom. The molecule has 1 fully saturated rings. The fourth-order valence-electron chi connectivity index (χ4n) is 3.67. The van der Waals surface area contributed by atoms with Crippen LogP contribution in [-0.4, -0.2) is 34.3 Å². The van der Waals surface area contributed by atoms with E-state index in [-0.39, 0.29) is 17.6 Å². The number of hydrazone groups is 1. The van der Waals surface area contributed by atoms with Crippen LogP contribution in [-0.2, 0) is 0 Å². The van der Waals surface area contributed by atoms with Gasteiger partial charge in [0.2, 0.25) is 5.95 Å². The summed E-state index contributed by atoms with van der Waals surface area (Å²) in [5.41, 5.74) is 20.3. The van der Waals surface area contributed by atoms with E-state index in [4.69, 9.17) is 11.5 Å². The number of hydrogen-bond donors (Lipinski definition) is 6. The number of primary amides is 1. The summed E-state index contributed by atoms with van der Waals surface area (Å²) in [5.74, 6) is 0.135. The summed E-state index contributed by atoms with van der Waals surface area (Å²) in [6, 6.07) is 5.96. The van der Waals surface area contributed by atoms with E-state index in [0.29, 0.717) is 11.8 Å². The zero-order valence-corrected chi connectivity index (χ0v) is 16.7. The second kappa shape index (κ2) is 8.41. The maximum Gasteiger partial charge on any atom is 0.254 e. The molecule has 1 aromatic heterocycles. The van der Waals surface area contributed by atoms with E-state index in [0.717, 1.165) is 42.6 Å². The normalized spacial score (nSPS) is 20.4. The zero-order valence-electron chi connectivity index (χ0n) is 16.7. The Bertz CT molecular complexity index is 954. The van der Waals surface area contributed by atoms with Gasteiger partial charge < -0.3 is 22.1 Å². The summed E-state index contributed by atoms with van der Waals surface area (Å²) < 4.78 is 0. The van der Waals surface area contributed by atoms with Crippen molar-refractivity contribution < 1.29 is 4.79 Å². The van der Waals surface area contributed by atoms with E-state index in [1.54, 1.807) is 11.5 Å². The molecule has 1 aromatic carbocycles. The fraction of sp³-hybridized carbons (Fsp3) is 0.368. The van der Waals surface area contributed by atoms with Crippen LogP contribution in [0.4, 0.5) is 23.1 Å². The molecule has 2 atom stereocenters. The summed E-state index contributed by atoms with van der Waals surface area (Å²) in [5, 5.41) is 12.1. The fourth-order valence-corrected chi connectivity index (χ4v) is 3.67. The highest BCUT2D eigenvalue weighted by atomic mass is 16.1. The van der Waals surface area contributed by atoms with Gasteiger partial charge in [-0.05, 0) is 43.5 Å².